The number of aryl methyl sites for hydroxylation is 1. The average molecular weight is 488 g/mol. The third-order valence-electron chi connectivity index (χ3n) is 4.61. The lowest BCUT2D eigenvalue weighted by molar-refractivity contribution is 0.0280. The number of carbonyl (C=O) groups excluding carboxylic acids is 1. The number of anilines is 1. The third kappa shape index (κ3) is 5.10. The smallest absolute Gasteiger partial charge is 0.338 e. The number of carbonyl (C=O) groups is 1. The summed E-state index contributed by atoms with van der Waals surface area (Å²) in [4.78, 5) is 13.2. The molecule has 0 bridgehead atoms. The van der Waals surface area contributed by atoms with Crippen LogP contribution in [0.2, 0.25) is 0 Å². The molecule has 2 heterocycles. The number of esters is 1. The molecule has 0 spiro atoms. The van der Waals surface area contributed by atoms with Crippen LogP contribution < -0.4 is 4.72 Å². The molecule has 2 aromatic carbocycles. The predicted octanol–water partition coefficient (Wildman–Crippen LogP) is 4.96. The van der Waals surface area contributed by atoms with Crippen molar-refractivity contribution in [2.24, 2.45) is 0 Å². The third-order valence-corrected chi connectivity index (χ3v) is 6.85. The number of hydrogen-bond acceptors (Lipinski definition) is 8. The van der Waals surface area contributed by atoms with Crippen LogP contribution in [0.4, 0.5) is 10.1 Å². The van der Waals surface area contributed by atoms with Crippen molar-refractivity contribution in [3.05, 3.63) is 82.8 Å². The maximum atomic E-state index is 13.8. The number of ether oxygens (including phenoxy) is 1. The molecule has 0 saturated heterocycles. The van der Waals surface area contributed by atoms with Crippen molar-refractivity contribution in [3.63, 3.8) is 0 Å². The zero-order valence-electron chi connectivity index (χ0n) is 17.5. The number of sulfonamides is 1. The van der Waals surface area contributed by atoms with E-state index < -0.39 is 27.9 Å². The lowest BCUT2D eigenvalue weighted by Crippen LogP contribution is -2.14. The summed E-state index contributed by atoms with van der Waals surface area (Å²) in [6, 6.07) is 13.1. The van der Waals surface area contributed by atoms with Crippen LogP contribution in [0.1, 0.15) is 34.8 Å². The van der Waals surface area contributed by atoms with Gasteiger partial charge < -0.3 is 9.15 Å². The van der Waals surface area contributed by atoms with Crippen molar-refractivity contribution in [3.8, 4) is 10.8 Å². The highest BCUT2D eigenvalue weighted by Crippen LogP contribution is 2.26. The Kier molecular flexibility index (Phi) is 6.25. The average Bonchev–Trinajstić information content (AvgIpc) is 3.47. The van der Waals surface area contributed by atoms with Gasteiger partial charge in [0.15, 0.2) is 6.10 Å². The van der Waals surface area contributed by atoms with Crippen molar-refractivity contribution in [2.75, 3.05) is 4.72 Å². The number of halogens is 1. The quantitative estimate of drug-likeness (QED) is 0.367. The van der Waals surface area contributed by atoms with E-state index in [1.54, 1.807) is 6.92 Å². The Morgan fingerprint density at radius 2 is 1.97 bits per heavy atom. The molecule has 0 saturated carbocycles. The van der Waals surface area contributed by atoms with Gasteiger partial charge in [-0.25, -0.2) is 17.6 Å². The SMILES string of the molecule is Cc1ccc(S(=O)(=O)Nc2cccc(C(=O)OC(C)c3nnc(-c4cccs4)o3)c2)cc1F. The van der Waals surface area contributed by atoms with Crippen molar-refractivity contribution < 1.29 is 26.8 Å². The van der Waals surface area contributed by atoms with E-state index in [1.807, 2.05) is 17.5 Å². The van der Waals surface area contributed by atoms with Gasteiger partial charge in [-0.2, -0.15) is 0 Å². The van der Waals surface area contributed by atoms with E-state index in [0.717, 1.165) is 10.9 Å². The molecule has 33 heavy (non-hydrogen) atoms. The van der Waals surface area contributed by atoms with Crippen molar-refractivity contribution in [1.29, 1.82) is 0 Å². The van der Waals surface area contributed by atoms with E-state index in [2.05, 4.69) is 14.9 Å². The molecule has 4 rings (SSSR count). The van der Waals surface area contributed by atoms with Gasteiger partial charge in [0.25, 0.3) is 21.8 Å². The zero-order chi connectivity index (χ0) is 23.6. The highest BCUT2D eigenvalue weighted by atomic mass is 32.2. The molecule has 4 aromatic rings. The molecule has 0 aliphatic heterocycles. The van der Waals surface area contributed by atoms with Gasteiger partial charge in [-0.05, 0) is 61.2 Å². The molecule has 0 fully saturated rings. The Morgan fingerprint density at radius 3 is 2.70 bits per heavy atom. The highest BCUT2D eigenvalue weighted by molar-refractivity contribution is 7.92. The van der Waals surface area contributed by atoms with Gasteiger partial charge in [0.05, 0.1) is 15.3 Å². The van der Waals surface area contributed by atoms with E-state index in [4.69, 9.17) is 9.15 Å². The Balaban J connectivity index is 1.47. The number of benzene rings is 2. The van der Waals surface area contributed by atoms with Crippen LogP contribution in [-0.4, -0.2) is 24.6 Å². The van der Waals surface area contributed by atoms with Crippen LogP contribution in [0.25, 0.3) is 10.8 Å². The van der Waals surface area contributed by atoms with Crippen molar-refractivity contribution >= 4 is 33.0 Å². The molecule has 0 amide bonds. The predicted molar refractivity (Wildman–Crippen MR) is 120 cm³/mol. The standard InChI is InChI=1S/C22H18FN3O5S2/c1-13-8-9-17(12-18(13)23)33(28,29)26-16-6-3-5-15(11-16)22(27)30-14(2)20-24-25-21(31-20)19-7-4-10-32-19/h3-12,14,26H,1-2H3. The second-order valence-corrected chi connectivity index (χ2v) is 9.70. The van der Waals surface area contributed by atoms with Gasteiger partial charge in [0.2, 0.25) is 0 Å². The summed E-state index contributed by atoms with van der Waals surface area (Å²) in [5.74, 6) is -0.884. The number of hydrogen-bond donors (Lipinski definition) is 1. The normalized spacial score (nSPS) is 12.3. The summed E-state index contributed by atoms with van der Waals surface area (Å²) < 4.78 is 52.3. The van der Waals surface area contributed by atoms with E-state index in [-0.39, 0.29) is 22.0 Å². The van der Waals surface area contributed by atoms with Gasteiger partial charge in [-0.3, -0.25) is 4.72 Å². The topological polar surface area (TPSA) is 111 Å². The Morgan fingerprint density at radius 1 is 1.15 bits per heavy atom. The number of thiophene rings is 1. The molecule has 2 aromatic heterocycles. The Hall–Kier alpha value is -3.57. The first kappa shape index (κ1) is 22.6. The molecule has 0 radical (unpaired) electrons. The van der Waals surface area contributed by atoms with Gasteiger partial charge in [-0.1, -0.05) is 18.2 Å². The molecular weight excluding hydrogens is 469 g/mol. The van der Waals surface area contributed by atoms with Crippen molar-refractivity contribution in [2.45, 2.75) is 24.8 Å². The molecule has 1 N–H and O–H groups in total. The molecule has 1 unspecified atom stereocenters. The number of aromatic nitrogens is 2. The summed E-state index contributed by atoms with van der Waals surface area (Å²) in [5, 5.41) is 9.75. The first-order valence-corrected chi connectivity index (χ1v) is 12.1. The molecule has 11 heteroatoms. The van der Waals surface area contributed by atoms with Gasteiger partial charge in [0.1, 0.15) is 5.82 Å². The van der Waals surface area contributed by atoms with E-state index in [9.17, 15) is 17.6 Å². The van der Waals surface area contributed by atoms with E-state index in [0.29, 0.717) is 11.5 Å². The van der Waals surface area contributed by atoms with Crippen LogP contribution >= 0.6 is 11.3 Å². The minimum Gasteiger partial charge on any atom is -0.449 e. The maximum Gasteiger partial charge on any atom is 0.338 e. The first-order chi connectivity index (χ1) is 15.7. The monoisotopic (exact) mass is 487 g/mol. The second kappa shape index (κ2) is 9.12. The summed E-state index contributed by atoms with van der Waals surface area (Å²) in [6.07, 6.45) is -0.824. The van der Waals surface area contributed by atoms with Crippen LogP contribution in [0, 0.1) is 12.7 Å². The van der Waals surface area contributed by atoms with Crippen LogP contribution in [0.3, 0.4) is 0 Å². The first-order valence-electron chi connectivity index (χ1n) is 9.70. The van der Waals surface area contributed by atoms with Crippen LogP contribution in [-0.2, 0) is 14.8 Å². The molecule has 0 aliphatic carbocycles. The Bertz CT molecular complexity index is 1400. The minimum absolute atomic E-state index is 0.107. The fourth-order valence-corrected chi connectivity index (χ4v) is 4.55. The Labute approximate surface area is 193 Å². The lowest BCUT2D eigenvalue weighted by Gasteiger charge is -2.12. The lowest BCUT2D eigenvalue weighted by atomic mass is 10.2. The molecule has 0 aliphatic rings. The van der Waals surface area contributed by atoms with E-state index in [1.165, 1.54) is 54.7 Å². The summed E-state index contributed by atoms with van der Waals surface area (Å²) in [7, 11) is -4.05. The van der Waals surface area contributed by atoms with Gasteiger partial charge in [0, 0.05) is 5.69 Å². The second-order valence-electron chi connectivity index (χ2n) is 7.07. The van der Waals surface area contributed by atoms with Crippen LogP contribution in [0.5, 0.6) is 0 Å². The summed E-state index contributed by atoms with van der Waals surface area (Å²) in [6.45, 7) is 3.12. The van der Waals surface area contributed by atoms with E-state index >= 15 is 0 Å². The molecule has 1 atom stereocenters. The fourth-order valence-electron chi connectivity index (χ4n) is 2.84. The van der Waals surface area contributed by atoms with Gasteiger partial charge in [-0.15, -0.1) is 21.5 Å². The van der Waals surface area contributed by atoms with Crippen LogP contribution in [0.15, 0.2) is 69.3 Å². The number of nitrogens with zero attached hydrogens (tertiary/aromatic N) is 2. The fraction of sp³-hybridized carbons (Fsp3) is 0.136. The number of nitrogens with one attached hydrogen (secondary N) is 1. The largest absolute Gasteiger partial charge is 0.449 e. The number of rotatable bonds is 7. The van der Waals surface area contributed by atoms with Gasteiger partial charge >= 0.3 is 5.97 Å². The molecule has 170 valence electrons. The minimum atomic E-state index is -4.05. The van der Waals surface area contributed by atoms with Crippen molar-refractivity contribution in [1.82, 2.24) is 10.2 Å². The molecule has 8 nitrogen and oxygen atoms in total. The maximum absolute atomic E-state index is 13.8. The summed E-state index contributed by atoms with van der Waals surface area (Å²) in [5.41, 5.74) is 0.558. The molecular formula is C22H18FN3O5S2. The highest BCUT2D eigenvalue weighted by Gasteiger charge is 2.21. The summed E-state index contributed by atoms with van der Waals surface area (Å²) >= 11 is 1.44. The zero-order valence-corrected chi connectivity index (χ0v) is 19.1.